The number of hydrogen-bond donors (Lipinski definition) is 5. The van der Waals surface area contributed by atoms with Gasteiger partial charge in [-0.2, -0.15) is 0 Å². The lowest BCUT2D eigenvalue weighted by atomic mass is 10.1. The third-order valence-corrected chi connectivity index (χ3v) is 6.30. The number of carbonyl (C=O) groups is 3. The fourth-order valence-electron chi connectivity index (χ4n) is 2.24. The second kappa shape index (κ2) is 8.63. The molecule has 2 amide bonds. The van der Waals surface area contributed by atoms with Crippen LogP contribution in [0.15, 0.2) is 24.3 Å². The second-order valence-corrected chi connectivity index (χ2v) is 12.2. The number of carbonyl (C=O) groups excluding carboxylic acids is 2. The van der Waals surface area contributed by atoms with E-state index in [2.05, 4.69) is 10.6 Å². The number of aromatic hydroxyl groups is 1. The van der Waals surface area contributed by atoms with Crippen molar-refractivity contribution < 1.29 is 29.7 Å². The van der Waals surface area contributed by atoms with E-state index in [4.69, 9.17) is 5.11 Å². The molecule has 25 heavy (non-hydrogen) atoms. The Kier molecular flexibility index (Phi) is 7.13. The number of aliphatic hydroxyl groups is 1. The van der Waals surface area contributed by atoms with E-state index in [0.717, 1.165) is 0 Å². The number of carboxylic acid groups (broad SMARTS) is 1. The van der Waals surface area contributed by atoms with Gasteiger partial charge in [0, 0.05) is 6.54 Å². The SMILES string of the molecule is C[Si](C)(C)[C@H](CNC(=O)[C@H](NC(=O)CO)c1ccc(O)cc1)C(=O)O. The van der Waals surface area contributed by atoms with Gasteiger partial charge < -0.3 is 26.0 Å². The first-order chi connectivity index (χ1) is 11.6. The van der Waals surface area contributed by atoms with Gasteiger partial charge in [-0.1, -0.05) is 31.8 Å². The molecule has 1 rings (SSSR count). The molecule has 0 aliphatic heterocycles. The highest BCUT2D eigenvalue weighted by atomic mass is 28.3. The predicted octanol–water partition coefficient (Wildman–Crippen LogP) is 0.451. The maximum absolute atomic E-state index is 12.5. The van der Waals surface area contributed by atoms with Crippen molar-refractivity contribution in [2.75, 3.05) is 13.2 Å². The summed E-state index contributed by atoms with van der Waals surface area (Å²) in [6.45, 7) is 4.84. The van der Waals surface area contributed by atoms with E-state index < -0.39 is 44.0 Å². The van der Waals surface area contributed by atoms with Crippen molar-refractivity contribution in [1.29, 1.82) is 0 Å². The summed E-state index contributed by atoms with van der Waals surface area (Å²) in [4.78, 5) is 35.4. The number of nitrogens with one attached hydrogen (secondary N) is 2. The first-order valence-electron chi connectivity index (χ1n) is 7.76. The number of amides is 2. The summed E-state index contributed by atoms with van der Waals surface area (Å²) in [6, 6.07) is 4.55. The maximum atomic E-state index is 12.5. The lowest BCUT2D eigenvalue weighted by Crippen LogP contribution is -2.46. The third-order valence-electron chi connectivity index (χ3n) is 3.76. The van der Waals surface area contributed by atoms with Crippen molar-refractivity contribution in [2.24, 2.45) is 0 Å². The Morgan fingerprint density at radius 1 is 1.12 bits per heavy atom. The molecule has 0 heterocycles. The lowest BCUT2D eigenvalue weighted by molar-refractivity contribution is -0.137. The van der Waals surface area contributed by atoms with Crippen LogP contribution in [0.1, 0.15) is 11.6 Å². The molecule has 1 aromatic carbocycles. The summed E-state index contributed by atoms with van der Waals surface area (Å²) in [5, 5.41) is 32.5. The summed E-state index contributed by atoms with van der Waals surface area (Å²) in [5.41, 5.74) is -0.276. The lowest BCUT2D eigenvalue weighted by Gasteiger charge is -2.26. The normalized spacial score (nSPS) is 13.6. The van der Waals surface area contributed by atoms with E-state index in [1.165, 1.54) is 24.3 Å². The minimum absolute atomic E-state index is 0.000988. The predicted molar refractivity (Wildman–Crippen MR) is 93.8 cm³/mol. The first-order valence-corrected chi connectivity index (χ1v) is 11.3. The van der Waals surface area contributed by atoms with Gasteiger partial charge in [-0.15, -0.1) is 0 Å². The zero-order valence-corrected chi connectivity index (χ0v) is 15.4. The number of aliphatic carboxylic acids is 1. The summed E-state index contributed by atoms with van der Waals surface area (Å²) in [7, 11) is -2.05. The van der Waals surface area contributed by atoms with E-state index in [9.17, 15) is 24.6 Å². The van der Waals surface area contributed by atoms with Crippen molar-refractivity contribution in [3.63, 3.8) is 0 Å². The molecular formula is C16H24N2O6Si. The standard InChI is InChI=1S/C16H24N2O6Si/c1-25(2,3)12(16(23)24)8-17-15(22)14(18-13(21)9-19)10-4-6-11(20)7-5-10/h4-7,12,14,19-20H,8-9H2,1-3H3,(H,17,22)(H,18,21)(H,23,24)/t12-,14-/m1/s1. The highest BCUT2D eigenvalue weighted by Crippen LogP contribution is 2.22. The fraction of sp³-hybridized carbons (Fsp3) is 0.438. The Morgan fingerprint density at radius 2 is 1.68 bits per heavy atom. The van der Waals surface area contributed by atoms with Gasteiger partial charge >= 0.3 is 5.97 Å². The van der Waals surface area contributed by atoms with Crippen LogP contribution in [-0.2, 0) is 14.4 Å². The summed E-state index contributed by atoms with van der Waals surface area (Å²) in [5.74, 6) is -2.30. The van der Waals surface area contributed by atoms with E-state index in [1.807, 2.05) is 19.6 Å². The molecule has 0 bridgehead atoms. The van der Waals surface area contributed by atoms with Gasteiger partial charge in [0.05, 0.1) is 13.6 Å². The molecule has 0 saturated carbocycles. The van der Waals surface area contributed by atoms with Crippen LogP contribution in [0, 0.1) is 0 Å². The average Bonchev–Trinajstić information content (AvgIpc) is 2.51. The van der Waals surface area contributed by atoms with Crippen molar-refractivity contribution in [1.82, 2.24) is 10.6 Å². The van der Waals surface area contributed by atoms with Crippen LogP contribution in [0.4, 0.5) is 0 Å². The fourth-order valence-corrected chi connectivity index (χ4v) is 3.70. The Morgan fingerprint density at radius 3 is 2.12 bits per heavy atom. The van der Waals surface area contributed by atoms with Crippen molar-refractivity contribution in [3.05, 3.63) is 29.8 Å². The number of hydrogen-bond acceptors (Lipinski definition) is 5. The zero-order chi connectivity index (χ0) is 19.2. The largest absolute Gasteiger partial charge is 0.508 e. The Bertz CT molecular complexity index is 627. The Hall–Kier alpha value is -2.39. The Labute approximate surface area is 146 Å². The van der Waals surface area contributed by atoms with Crippen LogP contribution in [0.5, 0.6) is 5.75 Å². The molecule has 0 fully saturated rings. The molecule has 0 aromatic heterocycles. The minimum atomic E-state index is -2.05. The van der Waals surface area contributed by atoms with Crippen LogP contribution in [0.3, 0.4) is 0 Å². The molecule has 0 spiro atoms. The van der Waals surface area contributed by atoms with Crippen molar-refractivity contribution >= 4 is 25.9 Å². The molecule has 0 aliphatic carbocycles. The van der Waals surface area contributed by atoms with Crippen LogP contribution >= 0.6 is 0 Å². The van der Waals surface area contributed by atoms with E-state index in [0.29, 0.717) is 5.56 Å². The zero-order valence-electron chi connectivity index (χ0n) is 14.4. The Balaban J connectivity index is 2.94. The average molecular weight is 368 g/mol. The van der Waals surface area contributed by atoms with Crippen molar-refractivity contribution in [3.8, 4) is 5.75 Å². The smallest absolute Gasteiger partial charge is 0.305 e. The number of aliphatic hydroxyl groups excluding tert-OH is 1. The van der Waals surface area contributed by atoms with Gasteiger partial charge in [0.2, 0.25) is 11.8 Å². The number of phenolic OH excluding ortho intramolecular Hbond substituents is 1. The molecule has 9 heteroatoms. The minimum Gasteiger partial charge on any atom is -0.508 e. The van der Waals surface area contributed by atoms with Crippen LogP contribution in [0.25, 0.3) is 0 Å². The monoisotopic (exact) mass is 368 g/mol. The van der Waals surface area contributed by atoms with E-state index in [-0.39, 0.29) is 12.3 Å². The summed E-state index contributed by atoms with van der Waals surface area (Å²) in [6.07, 6.45) is 0. The summed E-state index contributed by atoms with van der Waals surface area (Å²) >= 11 is 0. The van der Waals surface area contributed by atoms with Gasteiger partial charge in [-0.05, 0) is 17.7 Å². The molecule has 0 unspecified atom stereocenters. The molecule has 2 atom stereocenters. The maximum Gasteiger partial charge on any atom is 0.305 e. The molecule has 1 aromatic rings. The van der Waals surface area contributed by atoms with Gasteiger partial charge in [-0.25, -0.2) is 0 Å². The number of benzene rings is 1. The number of carboxylic acids is 1. The highest BCUT2D eigenvalue weighted by molar-refractivity contribution is 6.80. The third kappa shape index (κ3) is 6.20. The van der Waals surface area contributed by atoms with Gasteiger partial charge in [-0.3, -0.25) is 14.4 Å². The van der Waals surface area contributed by atoms with Gasteiger partial charge in [0.1, 0.15) is 18.4 Å². The molecule has 0 saturated heterocycles. The van der Waals surface area contributed by atoms with Gasteiger partial charge in [0.25, 0.3) is 0 Å². The molecule has 0 radical (unpaired) electrons. The number of phenols is 1. The highest BCUT2D eigenvalue weighted by Gasteiger charge is 2.34. The van der Waals surface area contributed by atoms with Crippen LogP contribution in [-0.4, -0.2) is 54.3 Å². The molecule has 5 N–H and O–H groups in total. The molecule has 8 nitrogen and oxygen atoms in total. The van der Waals surface area contributed by atoms with E-state index in [1.54, 1.807) is 0 Å². The number of rotatable bonds is 8. The molecule has 0 aliphatic rings. The summed E-state index contributed by atoms with van der Waals surface area (Å²) < 4.78 is 0. The first kappa shape index (κ1) is 20.7. The molecule has 138 valence electrons. The van der Waals surface area contributed by atoms with Crippen molar-refractivity contribution in [2.45, 2.75) is 31.2 Å². The van der Waals surface area contributed by atoms with Crippen LogP contribution < -0.4 is 10.6 Å². The quantitative estimate of drug-likeness (QED) is 0.423. The van der Waals surface area contributed by atoms with Gasteiger partial charge in [0.15, 0.2) is 0 Å². The topological polar surface area (TPSA) is 136 Å². The van der Waals surface area contributed by atoms with Crippen LogP contribution in [0.2, 0.25) is 25.2 Å². The molecular weight excluding hydrogens is 344 g/mol. The van der Waals surface area contributed by atoms with E-state index >= 15 is 0 Å². The second-order valence-electron chi connectivity index (χ2n) is 6.75.